The van der Waals surface area contributed by atoms with Crippen LogP contribution in [0.15, 0.2) is 43.2 Å². The number of benzene rings is 1. The molecule has 0 radical (unpaired) electrons. The third-order valence-corrected chi connectivity index (χ3v) is 2.77. The molecule has 0 atom stereocenters. The van der Waals surface area contributed by atoms with E-state index in [0.717, 1.165) is 6.26 Å². The minimum absolute atomic E-state index is 0.0104. The minimum atomic E-state index is -0.927. The average molecular weight is 334 g/mol. The number of ether oxygens (including phenoxy) is 4. The first-order chi connectivity index (χ1) is 11.3. The highest BCUT2D eigenvalue weighted by Gasteiger charge is 2.23. The van der Waals surface area contributed by atoms with Crippen molar-refractivity contribution in [2.24, 2.45) is 5.41 Å². The molecule has 0 amide bonds. The maximum absolute atomic E-state index is 11.9. The van der Waals surface area contributed by atoms with Crippen molar-refractivity contribution in [3.63, 3.8) is 0 Å². The van der Waals surface area contributed by atoms with Gasteiger partial charge in [0.1, 0.15) is 18.6 Å². The molecule has 0 N–H and O–H groups in total. The summed E-state index contributed by atoms with van der Waals surface area (Å²) in [6, 6.07) is 6.70. The summed E-state index contributed by atoms with van der Waals surface area (Å²) in [7, 11) is 1.54. The summed E-state index contributed by atoms with van der Waals surface area (Å²) >= 11 is 0. The first-order valence-electron chi connectivity index (χ1n) is 7.29. The zero-order chi connectivity index (χ0) is 18.2. The second-order valence-electron chi connectivity index (χ2n) is 5.82. The topological polar surface area (TPSA) is 71.1 Å². The van der Waals surface area contributed by atoms with Crippen LogP contribution in [-0.2, 0) is 19.0 Å². The molecule has 6 nitrogen and oxygen atoms in total. The zero-order valence-corrected chi connectivity index (χ0v) is 14.3. The van der Waals surface area contributed by atoms with E-state index in [-0.39, 0.29) is 12.4 Å². The Kier molecular flexibility index (Phi) is 7.04. The Morgan fingerprint density at radius 3 is 2.29 bits per heavy atom. The molecule has 0 fully saturated rings. The number of hydrogen-bond donors (Lipinski definition) is 0. The zero-order valence-electron chi connectivity index (χ0n) is 14.3. The van der Waals surface area contributed by atoms with Crippen LogP contribution in [0, 0.1) is 5.41 Å². The summed E-state index contributed by atoms with van der Waals surface area (Å²) in [6.45, 7) is 8.61. The molecule has 0 heterocycles. The second kappa shape index (κ2) is 8.76. The maximum Gasteiger partial charge on any atom is 0.514 e. The van der Waals surface area contributed by atoms with Crippen molar-refractivity contribution in [1.29, 1.82) is 0 Å². The largest absolute Gasteiger partial charge is 0.514 e. The van der Waals surface area contributed by atoms with E-state index in [0.29, 0.717) is 11.3 Å². The molecule has 0 spiro atoms. The predicted molar refractivity (Wildman–Crippen MR) is 89.1 cm³/mol. The van der Waals surface area contributed by atoms with Gasteiger partial charge in [-0.2, -0.15) is 0 Å². The van der Waals surface area contributed by atoms with Crippen LogP contribution in [0.25, 0.3) is 5.76 Å². The molecule has 1 aromatic carbocycles. The number of methoxy groups -OCH3 is 1. The van der Waals surface area contributed by atoms with E-state index in [1.807, 2.05) is 0 Å². The summed E-state index contributed by atoms with van der Waals surface area (Å²) in [4.78, 5) is 23.5. The van der Waals surface area contributed by atoms with Crippen molar-refractivity contribution in [3.8, 4) is 5.75 Å². The van der Waals surface area contributed by atoms with E-state index < -0.39 is 17.5 Å². The van der Waals surface area contributed by atoms with E-state index in [1.54, 1.807) is 52.1 Å². The van der Waals surface area contributed by atoms with Gasteiger partial charge in [-0.05, 0) is 45.0 Å². The van der Waals surface area contributed by atoms with Crippen molar-refractivity contribution < 1.29 is 28.5 Å². The number of esters is 1. The fourth-order valence-corrected chi connectivity index (χ4v) is 1.44. The summed E-state index contributed by atoms with van der Waals surface area (Å²) in [5.41, 5.74) is -0.168. The van der Waals surface area contributed by atoms with Gasteiger partial charge in [-0.1, -0.05) is 12.7 Å². The van der Waals surface area contributed by atoms with Crippen molar-refractivity contribution in [3.05, 3.63) is 48.7 Å². The van der Waals surface area contributed by atoms with E-state index in [1.165, 1.54) is 6.08 Å². The summed E-state index contributed by atoms with van der Waals surface area (Å²) in [5, 5.41) is 0. The van der Waals surface area contributed by atoms with Crippen molar-refractivity contribution in [2.75, 3.05) is 13.7 Å². The molecule has 6 heteroatoms. The summed E-state index contributed by atoms with van der Waals surface area (Å²) < 4.78 is 20.1. The number of carbonyl (C=O) groups excluding carboxylic acids is 2. The Hall–Kier alpha value is -2.76. The first kappa shape index (κ1) is 19.3. The minimum Gasteiger partial charge on any atom is -0.497 e. The number of carbonyl (C=O) groups is 2. The molecule has 24 heavy (non-hydrogen) atoms. The Labute approximate surface area is 141 Å². The molecule has 0 aliphatic rings. The van der Waals surface area contributed by atoms with Gasteiger partial charge in [0.25, 0.3) is 0 Å². The van der Waals surface area contributed by atoms with E-state index in [4.69, 9.17) is 18.9 Å². The van der Waals surface area contributed by atoms with Crippen LogP contribution in [0.4, 0.5) is 4.79 Å². The quantitative estimate of drug-likeness (QED) is 0.446. The van der Waals surface area contributed by atoms with Gasteiger partial charge in [0, 0.05) is 5.56 Å². The van der Waals surface area contributed by atoms with Gasteiger partial charge in [0.2, 0.25) is 0 Å². The predicted octanol–water partition coefficient (Wildman–Crippen LogP) is 3.92. The smallest absolute Gasteiger partial charge is 0.497 e. The molecule has 0 saturated carbocycles. The fourth-order valence-electron chi connectivity index (χ4n) is 1.44. The van der Waals surface area contributed by atoms with E-state index >= 15 is 0 Å². The van der Waals surface area contributed by atoms with Crippen molar-refractivity contribution in [1.82, 2.24) is 0 Å². The molecule has 0 unspecified atom stereocenters. The molecule has 0 aromatic heterocycles. The molecule has 0 bridgehead atoms. The first-order valence-corrected chi connectivity index (χ1v) is 7.29. The highest BCUT2D eigenvalue weighted by Crippen LogP contribution is 2.22. The molecule has 1 aromatic rings. The highest BCUT2D eigenvalue weighted by atomic mass is 16.7. The van der Waals surface area contributed by atoms with E-state index in [9.17, 15) is 9.59 Å². The number of hydrogen-bond acceptors (Lipinski definition) is 6. The molecule has 130 valence electrons. The van der Waals surface area contributed by atoms with Gasteiger partial charge in [0.05, 0.1) is 12.5 Å². The lowest BCUT2D eigenvalue weighted by atomic mass is 9.97. The lowest BCUT2D eigenvalue weighted by Crippen LogP contribution is -2.21. The lowest BCUT2D eigenvalue weighted by molar-refractivity contribution is -0.146. The standard InChI is InChI=1S/C18H22O6/c1-6-11-22-17(20)24-15(12-23-16(19)18(2,3)4)13-7-9-14(21-5)10-8-13/h6-10,12H,1,11H2,2-5H3/b15-12-. The summed E-state index contributed by atoms with van der Waals surface area (Å²) in [6.07, 6.45) is 1.58. The molecular weight excluding hydrogens is 312 g/mol. The average Bonchev–Trinajstić information content (AvgIpc) is 2.55. The molecule has 0 aliphatic heterocycles. The van der Waals surface area contributed by atoms with Crippen LogP contribution in [0.1, 0.15) is 26.3 Å². The van der Waals surface area contributed by atoms with Gasteiger partial charge in [-0.3, -0.25) is 4.79 Å². The molecule has 0 saturated heterocycles. The van der Waals surface area contributed by atoms with Crippen molar-refractivity contribution in [2.45, 2.75) is 20.8 Å². The van der Waals surface area contributed by atoms with Gasteiger partial charge >= 0.3 is 12.1 Å². The normalized spacial score (nSPS) is 11.4. The second-order valence-corrected chi connectivity index (χ2v) is 5.82. The van der Waals surface area contributed by atoms with Gasteiger partial charge in [-0.15, -0.1) is 0 Å². The van der Waals surface area contributed by atoms with Crippen LogP contribution in [0.5, 0.6) is 5.75 Å². The SMILES string of the molecule is C=CCOC(=O)O/C(=C\OC(=O)C(C)(C)C)c1ccc(OC)cc1. The Bertz CT molecular complexity index is 607. The monoisotopic (exact) mass is 334 g/mol. The van der Waals surface area contributed by atoms with Gasteiger partial charge in [0.15, 0.2) is 5.76 Å². The van der Waals surface area contributed by atoms with Crippen molar-refractivity contribution >= 4 is 17.9 Å². The third-order valence-electron chi connectivity index (χ3n) is 2.77. The Balaban J connectivity index is 2.99. The van der Waals surface area contributed by atoms with Crippen LogP contribution in [-0.4, -0.2) is 25.8 Å². The molecular formula is C18H22O6. The van der Waals surface area contributed by atoms with Gasteiger partial charge < -0.3 is 18.9 Å². The summed E-state index contributed by atoms with van der Waals surface area (Å²) in [5.74, 6) is 0.222. The molecule has 0 aliphatic carbocycles. The van der Waals surface area contributed by atoms with Crippen LogP contribution in [0.2, 0.25) is 0 Å². The fraction of sp³-hybridized carbons (Fsp3) is 0.333. The highest BCUT2D eigenvalue weighted by molar-refractivity contribution is 5.78. The van der Waals surface area contributed by atoms with Crippen LogP contribution in [0.3, 0.4) is 0 Å². The lowest BCUT2D eigenvalue weighted by Gasteiger charge is -2.15. The van der Waals surface area contributed by atoms with Crippen LogP contribution >= 0.6 is 0 Å². The van der Waals surface area contributed by atoms with Crippen LogP contribution < -0.4 is 4.74 Å². The Morgan fingerprint density at radius 1 is 1.17 bits per heavy atom. The third kappa shape index (κ3) is 6.16. The van der Waals surface area contributed by atoms with E-state index in [2.05, 4.69) is 6.58 Å². The molecule has 1 rings (SSSR count). The van der Waals surface area contributed by atoms with Gasteiger partial charge in [-0.25, -0.2) is 4.79 Å². The maximum atomic E-state index is 11.9. The Morgan fingerprint density at radius 2 is 1.79 bits per heavy atom. The number of rotatable bonds is 6.